The van der Waals surface area contributed by atoms with Crippen LogP contribution in [0.4, 0.5) is 5.69 Å². The summed E-state index contributed by atoms with van der Waals surface area (Å²) in [4.78, 5) is 29.3. The highest BCUT2D eigenvalue weighted by atomic mass is 79.9. The van der Waals surface area contributed by atoms with Gasteiger partial charge in [0.25, 0.3) is 5.91 Å². The zero-order chi connectivity index (χ0) is 24.6. The van der Waals surface area contributed by atoms with E-state index < -0.39 is 11.5 Å². The average molecular weight is 539 g/mol. The summed E-state index contributed by atoms with van der Waals surface area (Å²) in [7, 11) is 0. The SMILES string of the molecule is O=C(Nc1ccc(-c2ccc3nnc(-c4cccnc4)n3n2)cc1)c1cc2cc(Br)ccc2oc1=O. The quantitative estimate of drug-likeness (QED) is 0.315. The zero-order valence-corrected chi connectivity index (χ0v) is 20.0. The topological polar surface area (TPSA) is 115 Å². The van der Waals surface area contributed by atoms with Crippen molar-refractivity contribution in [3.05, 3.63) is 106 Å². The van der Waals surface area contributed by atoms with E-state index >= 15 is 0 Å². The Balaban J connectivity index is 1.27. The molecule has 6 rings (SSSR count). The Hall–Kier alpha value is -4.70. The maximum absolute atomic E-state index is 12.8. The lowest BCUT2D eigenvalue weighted by Gasteiger charge is -2.07. The first-order valence-corrected chi connectivity index (χ1v) is 11.6. The molecule has 0 unspecified atom stereocenters. The number of pyridine rings is 1. The van der Waals surface area contributed by atoms with Crippen LogP contribution in [0.1, 0.15) is 10.4 Å². The van der Waals surface area contributed by atoms with Gasteiger partial charge in [0.15, 0.2) is 11.5 Å². The van der Waals surface area contributed by atoms with Crippen LogP contribution in [0.5, 0.6) is 0 Å². The Morgan fingerprint density at radius 1 is 0.944 bits per heavy atom. The number of amides is 1. The molecule has 6 aromatic rings. The molecular formula is C26H15BrN6O3. The Morgan fingerprint density at radius 3 is 2.61 bits per heavy atom. The lowest BCUT2D eigenvalue weighted by molar-refractivity contribution is 0.102. The molecule has 4 aromatic heterocycles. The fourth-order valence-corrected chi connectivity index (χ4v) is 4.17. The molecule has 0 saturated carbocycles. The molecular weight excluding hydrogens is 524 g/mol. The zero-order valence-electron chi connectivity index (χ0n) is 18.4. The van der Waals surface area contributed by atoms with Gasteiger partial charge in [0.1, 0.15) is 11.1 Å². The van der Waals surface area contributed by atoms with Crippen molar-refractivity contribution in [1.29, 1.82) is 0 Å². The van der Waals surface area contributed by atoms with Gasteiger partial charge < -0.3 is 9.73 Å². The molecule has 10 heteroatoms. The van der Waals surface area contributed by atoms with Crippen molar-refractivity contribution in [1.82, 2.24) is 24.8 Å². The molecule has 0 aliphatic rings. The summed E-state index contributed by atoms with van der Waals surface area (Å²) in [6, 6.07) is 21.3. The molecule has 1 N–H and O–H groups in total. The van der Waals surface area contributed by atoms with Gasteiger partial charge in [-0.1, -0.05) is 28.1 Å². The second-order valence-corrected chi connectivity index (χ2v) is 8.83. The fraction of sp³-hybridized carbons (Fsp3) is 0. The molecule has 0 bridgehead atoms. The molecule has 0 saturated heterocycles. The van der Waals surface area contributed by atoms with Crippen molar-refractivity contribution in [2.75, 3.05) is 5.32 Å². The molecule has 9 nitrogen and oxygen atoms in total. The third-order valence-electron chi connectivity index (χ3n) is 5.56. The van der Waals surface area contributed by atoms with E-state index in [1.54, 1.807) is 47.2 Å². The minimum Gasteiger partial charge on any atom is -0.422 e. The second kappa shape index (κ2) is 8.82. The van der Waals surface area contributed by atoms with Gasteiger partial charge in [0.2, 0.25) is 0 Å². The van der Waals surface area contributed by atoms with Gasteiger partial charge in [-0.15, -0.1) is 10.2 Å². The third kappa shape index (κ3) is 4.03. The monoisotopic (exact) mass is 538 g/mol. The average Bonchev–Trinajstić information content (AvgIpc) is 3.33. The summed E-state index contributed by atoms with van der Waals surface area (Å²) in [6.45, 7) is 0. The maximum Gasteiger partial charge on any atom is 0.349 e. The summed E-state index contributed by atoms with van der Waals surface area (Å²) in [5.41, 5.74) is 3.11. The number of anilines is 1. The highest BCUT2D eigenvalue weighted by Crippen LogP contribution is 2.23. The van der Waals surface area contributed by atoms with Crippen molar-refractivity contribution in [3.8, 4) is 22.6 Å². The molecule has 2 aromatic carbocycles. The minimum atomic E-state index is -0.699. The van der Waals surface area contributed by atoms with E-state index in [0.29, 0.717) is 33.8 Å². The molecule has 0 radical (unpaired) electrons. The van der Waals surface area contributed by atoms with E-state index in [9.17, 15) is 9.59 Å². The van der Waals surface area contributed by atoms with Crippen LogP contribution in [0, 0.1) is 0 Å². The maximum atomic E-state index is 12.8. The molecule has 0 aliphatic heterocycles. The lowest BCUT2D eigenvalue weighted by Crippen LogP contribution is -2.20. The van der Waals surface area contributed by atoms with Crippen molar-refractivity contribution < 1.29 is 9.21 Å². The van der Waals surface area contributed by atoms with Gasteiger partial charge in [-0.3, -0.25) is 9.78 Å². The van der Waals surface area contributed by atoms with E-state index in [0.717, 1.165) is 15.6 Å². The number of halogens is 1. The molecule has 0 fully saturated rings. The van der Waals surface area contributed by atoms with Crippen LogP contribution in [-0.4, -0.2) is 30.7 Å². The number of benzene rings is 2. The number of hydrogen-bond donors (Lipinski definition) is 1. The van der Waals surface area contributed by atoms with E-state index in [1.165, 1.54) is 6.07 Å². The number of carbonyl (C=O) groups excluding carboxylic acids is 1. The van der Waals surface area contributed by atoms with Gasteiger partial charge in [0.05, 0.1) is 5.69 Å². The third-order valence-corrected chi connectivity index (χ3v) is 6.05. The lowest BCUT2D eigenvalue weighted by atomic mass is 10.1. The van der Waals surface area contributed by atoms with E-state index in [4.69, 9.17) is 4.42 Å². The van der Waals surface area contributed by atoms with Gasteiger partial charge in [0, 0.05) is 39.1 Å². The molecule has 1 amide bonds. The van der Waals surface area contributed by atoms with Crippen LogP contribution in [0.2, 0.25) is 0 Å². The normalized spacial score (nSPS) is 11.1. The number of carbonyl (C=O) groups is 1. The van der Waals surface area contributed by atoms with E-state index in [-0.39, 0.29) is 5.56 Å². The van der Waals surface area contributed by atoms with Crippen molar-refractivity contribution in [3.63, 3.8) is 0 Å². The Labute approximate surface area is 211 Å². The van der Waals surface area contributed by atoms with Gasteiger partial charge in [-0.25, -0.2) is 4.79 Å². The van der Waals surface area contributed by atoms with Crippen LogP contribution >= 0.6 is 15.9 Å². The van der Waals surface area contributed by atoms with E-state index in [1.807, 2.05) is 36.4 Å². The molecule has 0 atom stereocenters. The standard InChI is InChI=1S/C26H15BrN6O3/c27-18-5-9-22-17(12-18)13-20(26(35)36-22)25(34)29-19-6-3-15(4-7-19)21-8-10-23-30-31-24(33(23)32-21)16-2-1-11-28-14-16/h1-14H,(H,29,34). The Morgan fingerprint density at radius 2 is 1.81 bits per heavy atom. The summed E-state index contributed by atoms with van der Waals surface area (Å²) in [5.74, 6) is 0.0357. The van der Waals surface area contributed by atoms with Crippen molar-refractivity contribution >= 4 is 44.1 Å². The van der Waals surface area contributed by atoms with Crippen LogP contribution in [0.3, 0.4) is 0 Å². The molecule has 174 valence electrons. The Bertz CT molecular complexity index is 1810. The van der Waals surface area contributed by atoms with Crippen molar-refractivity contribution in [2.45, 2.75) is 0 Å². The summed E-state index contributed by atoms with van der Waals surface area (Å²) < 4.78 is 7.77. The minimum absolute atomic E-state index is 0.0765. The van der Waals surface area contributed by atoms with E-state index in [2.05, 4.69) is 41.5 Å². The van der Waals surface area contributed by atoms with Crippen LogP contribution in [-0.2, 0) is 0 Å². The number of aromatic nitrogens is 5. The molecule has 0 aliphatic carbocycles. The number of rotatable bonds is 4. The van der Waals surface area contributed by atoms with Gasteiger partial charge in [-0.2, -0.15) is 9.61 Å². The van der Waals surface area contributed by atoms with Crippen LogP contribution < -0.4 is 10.9 Å². The molecule has 36 heavy (non-hydrogen) atoms. The fourth-order valence-electron chi connectivity index (χ4n) is 3.79. The molecule has 4 heterocycles. The highest BCUT2D eigenvalue weighted by molar-refractivity contribution is 9.10. The first-order valence-electron chi connectivity index (χ1n) is 10.8. The number of nitrogens with one attached hydrogen (secondary N) is 1. The summed E-state index contributed by atoms with van der Waals surface area (Å²) in [6.07, 6.45) is 3.40. The second-order valence-electron chi connectivity index (χ2n) is 7.92. The van der Waals surface area contributed by atoms with Crippen LogP contribution in [0.25, 0.3) is 39.3 Å². The van der Waals surface area contributed by atoms with Crippen molar-refractivity contribution in [2.24, 2.45) is 0 Å². The first kappa shape index (κ1) is 21.8. The smallest absolute Gasteiger partial charge is 0.349 e. The number of nitrogens with zero attached hydrogens (tertiary/aromatic N) is 5. The molecule has 0 spiro atoms. The summed E-state index contributed by atoms with van der Waals surface area (Å²) >= 11 is 3.38. The number of fused-ring (bicyclic) bond motifs is 2. The first-order chi connectivity index (χ1) is 17.5. The largest absolute Gasteiger partial charge is 0.422 e. The van der Waals surface area contributed by atoms with Gasteiger partial charge >= 0.3 is 5.63 Å². The predicted molar refractivity (Wildman–Crippen MR) is 138 cm³/mol. The summed E-state index contributed by atoms with van der Waals surface area (Å²) in [5, 5.41) is 16.5. The Kier molecular flexibility index (Phi) is 5.34. The predicted octanol–water partition coefficient (Wildman–Crippen LogP) is 4.97. The van der Waals surface area contributed by atoms with Gasteiger partial charge in [-0.05, 0) is 60.7 Å². The number of hydrogen-bond acceptors (Lipinski definition) is 7. The highest BCUT2D eigenvalue weighted by Gasteiger charge is 2.15. The van der Waals surface area contributed by atoms with Crippen LogP contribution in [0.15, 0.2) is 98.9 Å².